The lowest BCUT2D eigenvalue weighted by molar-refractivity contribution is 0.195. The Labute approximate surface area is 146 Å². The van der Waals surface area contributed by atoms with Crippen molar-refractivity contribution < 1.29 is 27.6 Å². The molecule has 0 aromatic heterocycles. The van der Waals surface area contributed by atoms with Gasteiger partial charge in [-0.05, 0) is 40.5 Å². The third-order valence-corrected chi connectivity index (χ3v) is 7.19. The molecule has 0 atom stereocenters. The van der Waals surface area contributed by atoms with Gasteiger partial charge in [-0.2, -0.15) is 0 Å². The average molecular weight is 388 g/mol. The predicted octanol–water partition coefficient (Wildman–Crippen LogP) is 4.46. The monoisotopic (exact) mass is 388 g/mol. The van der Waals surface area contributed by atoms with Crippen molar-refractivity contribution >= 4 is 15.5 Å². The summed E-state index contributed by atoms with van der Waals surface area (Å²) in [5, 5.41) is 0. The lowest BCUT2D eigenvalue weighted by Gasteiger charge is -2.19. The van der Waals surface area contributed by atoms with Gasteiger partial charge >= 0.3 is 15.5 Å². The van der Waals surface area contributed by atoms with E-state index in [2.05, 4.69) is 4.52 Å². The van der Waals surface area contributed by atoms with Crippen molar-refractivity contribution in [1.29, 1.82) is 0 Å². The Kier molecular flexibility index (Phi) is 13.6. The van der Waals surface area contributed by atoms with Crippen molar-refractivity contribution in [3.63, 3.8) is 0 Å². The van der Waals surface area contributed by atoms with Crippen LogP contribution in [0.3, 0.4) is 0 Å². The van der Waals surface area contributed by atoms with Crippen LogP contribution in [0, 0.1) is 0 Å². The molecule has 1 fully saturated rings. The van der Waals surface area contributed by atoms with Crippen LogP contribution in [0.1, 0.15) is 59.8 Å². The zero-order valence-electron chi connectivity index (χ0n) is 15.3. The second-order valence-corrected chi connectivity index (χ2v) is 8.78. The van der Waals surface area contributed by atoms with Crippen LogP contribution >= 0.6 is 15.5 Å². The molecule has 24 heavy (non-hydrogen) atoms. The third kappa shape index (κ3) is 11.0. The summed E-state index contributed by atoms with van der Waals surface area (Å²) in [7, 11) is -7.26. The largest absolute Gasteiger partial charge is 0.458 e. The van der Waals surface area contributed by atoms with Crippen LogP contribution in [0.2, 0.25) is 0 Å². The van der Waals surface area contributed by atoms with Crippen molar-refractivity contribution in [2.24, 2.45) is 10.2 Å². The summed E-state index contributed by atoms with van der Waals surface area (Å²) in [6, 6.07) is 0.536. The van der Waals surface area contributed by atoms with E-state index in [1.807, 2.05) is 0 Å². The van der Waals surface area contributed by atoms with E-state index in [-0.39, 0.29) is 26.4 Å². The van der Waals surface area contributed by atoms with Crippen molar-refractivity contribution in [2.75, 3.05) is 26.4 Å². The molecule has 0 heterocycles. The first-order valence-corrected chi connectivity index (χ1v) is 11.7. The second kappa shape index (κ2) is 13.4. The van der Waals surface area contributed by atoms with Crippen molar-refractivity contribution in [1.82, 2.24) is 0 Å². The fourth-order valence-corrected chi connectivity index (χ4v) is 5.52. The molecule has 3 N–H and O–H groups in total. The van der Waals surface area contributed by atoms with Gasteiger partial charge in [0.05, 0.1) is 26.4 Å². The second-order valence-electron chi connectivity index (χ2n) is 5.12. The van der Waals surface area contributed by atoms with Gasteiger partial charge in [-0.1, -0.05) is 19.3 Å². The molecule has 0 amide bonds. The first-order valence-electron chi connectivity index (χ1n) is 8.65. The number of hydrogen-bond acceptors (Lipinski definition) is 6. The highest BCUT2D eigenvalue weighted by Crippen LogP contribution is 2.62. The van der Waals surface area contributed by atoms with E-state index < -0.39 is 15.5 Å². The van der Waals surface area contributed by atoms with Gasteiger partial charge in [0, 0.05) is 6.04 Å². The van der Waals surface area contributed by atoms with Crippen LogP contribution in [0.25, 0.3) is 0 Å². The molecule has 0 aromatic rings. The molecule has 146 valence electrons. The van der Waals surface area contributed by atoms with Gasteiger partial charge < -0.3 is 19.7 Å². The highest BCUT2D eigenvalue weighted by atomic mass is 31.2. The third-order valence-electron chi connectivity index (χ3n) is 3.05. The highest BCUT2D eigenvalue weighted by Gasteiger charge is 2.30. The number of nitrogens with two attached hydrogens (primary N) is 1. The first-order chi connectivity index (χ1) is 11.3. The minimum absolute atomic E-state index is 0.152. The van der Waals surface area contributed by atoms with Gasteiger partial charge in [0.25, 0.3) is 0 Å². The molecule has 1 saturated carbocycles. The molecule has 8 nitrogen and oxygen atoms in total. The van der Waals surface area contributed by atoms with Gasteiger partial charge in [0.2, 0.25) is 0 Å². The average Bonchev–Trinajstić information content (AvgIpc) is 2.49. The van der Waals surface area contributed by atoms with Crippen LogP contribution in [-0.4, -0.2) is 37.4 Å². The van der Waals surface area contributed by atoms with Crippen molar-refractivity contribution in [2.45, 2.75) is 65.8 Å². The molecule has 0 bridgehead atoms. The van der Waals surface area contributed by atoms with Gasteiger partial charge in [-0.15, -0.1) is 4.52 Å². The van der Waals surface area contributed by atoms with Crippen LogP contribution in [-0.2, 0) is 22.7 Å². The maximum absolute atomic E-state index is 12.1. The summed E-state index contributed by atoms with van der Waals surface area (Å²) in [5.74, 6) is 0. The summed E-state index contributed by atoms with van der Waals surface area (Å²) in [6.45, 7) is 7.33. The van der Waals surface area contributed by atoms with Crippen LogP contribution < -0.4 is 5.73 Å². The fraction of sp³-hybridized carbons (Fsp3) is 1.00. The van der Waals surface area contributed by atoms with Crippen LogP contribution in [0.5, 0.6) is 0 Å². The molecule has 1 rings (SSSR count). The fourth-order valence-electron chi connectivity index (χ4n) is 2.11. The quantitative estimate of drug-likeness (QED) is 0.561. The zero-order valence-corrected chi connectivity index (χ0v) is 17.1. The predicted molar refractivity (Wildman–Crippen MR) is 96.7 cm³/mol. The van der Waals surface area contributed by atoms with E-state index in [0.717, 1.165) is 0 Å². The normalized spacial score (nSPS) is 16.4. The first kappa shape index (κ1) is 24.2. The Balaban J connectivity index is 0.000000620. The Bertz CT molecular complexity index is 396. The molecule has 0 unspecified atom stereocenters. The van der Waals surface area contributed by atoms with Crippen molar-refractivity contribution in [3.05, 3.63) is 0 Å². The molecular formula is C14H34N2O6P2. The van der Waals surface area contributed by atoms with Crippen molar-refractivity contribution in [3.8, 4) is 0 Å². The highest BCUT2D eigenvalue weighted by molar-refractivity contribution is 7.63. The Morgan fingerprint density at radius 2 is 1.33 bits per heavy atom. The minimum Gasteiger partial charge on any atom is -0.328 e. The van der Waals surface area contributed by atoms with E-state index >= 15 is 0 Å². The SMILES string of the molecule is CCOP(=O)(N=P(O)(OCC)OCC)OCC.NC1CCCCC1. The van der Waals surface area contributed by atoms with Crippen LogP contribution in [0.15, 0.2) is 4.52 Å². The van der Waals surface area contributed by atoms with E-state index in [4.69, 9.17) is 23.8 Å². The van der Waals surface area contributed by atoms with Gasteiger partial charge in [-0.25, -0.2) is 4.57 Å². The summed E-state index contributed by atoms with van der Waals surface area (Å²) >= 11 is 0. The molecule has 10 heteroatoms. The molecule has 0 spiro atoms. The smallest absolute Gasteiger partial charge is 0.328 e. The van der Waals surface area contributed by atoms with E-state index in [1.165, 1.54) is 32.1 Å². The molecule has 0 aliphatic heterocycles. The number of nitrogens with zero attached hydrogens (tertiary/aromatic N) is 1. The Hall–Kier alpha value is 0.220. The van der Waals surface area contributed by atoms with E-state index in [9.17, 15) is 9.46 Å². The van der Waals surface area contributed by atoms with Gasteiger partial charge in [0.1, 0.15) is 0 Å². The van der Waals surface area contributed by atoms with Crippen LogP contribution in [0.4, 0.5) is 0 Å². The van der Waals surface area contributed by atoms with E-state index in [0.29, 0.717) is 6.04 Å². The summed E-state index contributed by atoms with van der Waals surface area (Å²) in [5.41, 5.74) is 5.63. The Morgan fingerprint density at radius 1 is 0.917 bits per heavy atom. The maximum atomic E-state index is 12.1. The standard InChI is InChI=1S/C8H21NO6P2.C6H13N/c1-5-12-16(10,13-6-2)9-17(11,14-7-3)15-8-4;7-6-4-2-1-3-5-6/h10H,5-8H2,1-4H3;6H,1-5,7H2. The lowest BCUT2D eigenvalue weighted by Crippen LogP contribution is -2.22. The molecule has 0 radical (unpaired) electrons. The minimum atomic E-state index is -3.73. The van der Waals surface area contributed by atoms with Gasteiger partial charge in [-0.3, -0.25) is 9.05 Å². The molecule has 0 saturated heterocycles. The summed E-state index contributed by atoms with van der Waals surface area (Å²) in [6.07, 6.45) is 6.66. The summed E-state index contributed by atoms with van der Waals surface area (Å²) in [4.78, 5) is 9.97. The van der Waals surface area contributed by atoms with E-state index in [1.54, 1.807) is 27.7 Å². The molecule has 1 aliphatic carbocycles. The van der Waals surface area contributed by atoms with Gasteiger partial charge in [0.15, 0.2) is 0 Å². The number of hydrogen-bond donors (Lipinski definition) is 2. The Morgan fingerprint density at radius 3 is 1.62 bits per heavy atom. The molecule has 1 aliphatic rings. The topological polar surface area (TPSA) is 113 Å². The zero-order chi connectivity index (χ0) is 18.5. The summed E-state index contributed by atoms with van der Waals surface area (Å²) < 4.78 is 35.6. The molecule has 0 aromatic carbocycles. The molecular weight excluding hydrogens is 354 g/mol. The maximum Gasteiger partial charge on any atom is 0.458 e. The lowest BCUT2D eigenvalue weighted by atomic mass is 9.97. The number of rotatable bonds is 9.